The Morgan fingerprint density at radius 3 is 2.95 bits per heavy atom. The van der Waals surface area contributed by atoms with Gasteiger partial charge in [0.15, 0.2) is 0 Å². The predicted molar refractivity (Wildman–Crippen MR) is 77.7 cm³/mol. The quantitative estimate of drug-likeness (QED) is 0.838. The first-order chi connectivity index (χ1) is 9.08. The van der Waals surface area contributed by atoms with Crippen molar-refractivity contribution in [1.82, 2.24) is 14.9 Å². The maximum atomic E-state index is 12.1. The molecule has 0 spiro atoms. The molecule has 100 valence electrons. The predicted octanol–water partition coefficient (Wildman–Crippen LogP) is 1.99. The Bertz CT molecular complexity index is 592. The molecular weight excluding hydrogens is 258 g/mol. The summed E-state index contributed by atoms with van der Waals surface area (Å²) in [5.41, 5.74) is 1.62. The zero-order valence-corrected chi connectivity index (χ0v) is 11.9. The maximum absolute atomic E-state index is 12.1. The molecule has 0 aliphatic rings. The van der Waals surface area contributed by atoms with Crippen molar-refractivity contribution in [2.24, 2.45) is 7.05 Å². The molecule has 1 aromatic heterocycles. The van der Waals surface area contributed by atoms with E-state index < -0.39 is 0 Å². The molecule has 0 saturated heterocycles. The lowest BCUT2D eigenvalue weighted by atomic mass is 10.1. The van der Waals surface area contributed by atoms with Gasteiger partial charge in [-0.3, -0.25) is 4.79 Å². The van der Waals surface area contributed by atoms with E-state index in [2.05, 4.69) is 22.9 Å². The molecule has 1 aromatic carbocycles. The number of rotatable bonds is 4. The van der Waals surface area contributed by atoms with Crippen molar-refractivity contribution in [1.29, 1.82) is 0 Å². The van der Waals surface area contributed by atoms with Crippen LogP contribution in [0.3, 0.4) is 0 Å². The summed E-state index contributed by atoms with van der Waals surface area (Å²) in [6.07, 6.45) is 4.37. The van der Waals surface area contributed by atoms with Crippen LogP contribution in [0.5, 0.6) is 0 Å². The number of aryl methyl sites for hydroxylation is 2. The fourth-order valence-electron chi connectivity index (χ4n) is 1.88. The van der Waals surface area contributed by atoms with Crippen molar-refractivity contribution >= 4 is 18.5 Å². The van der Waals surface area contributed by atoms with E-state index in [1.165, 1.54) is 0 Å². The molecule has 0 unspecified atom stereocenters. The topological polar surface area (TPSA) is 46.9 Å². The van der Waals surface area contributed by atoms with E-state index in [1.54, 1.807) is 12.3 Å². The van der Waals surface area contributed by atoms with Crippen molar-refractivity contribution in [2.45, 2.75) is 18.2 Å². The third-order valence-electron chi connectivity index (χ3n) is 3.02. The molecule has 0 aliphatic carbocycles. The zero-order chi connectivity index (χ0) is 13.8. The van der Waals surface area contributed by atoms with E-state index in [0.717, 1.165) is 22.7 Å². The van der Waals surface area contributed by atoms with E-state index in [9.17, 15) is 4.79 Å². The van der Waals surface area contributed by atoms with Crippen molar-refractivity contribution in [3.63, 3.8) is 0 Å². The number of amides is 1. The fourth-order valence-corrected chi connectivity index (χ4v) is 2.08. The summed E-state index contributed by atoms with van der Waals surface area (Å²) in [7, 11) is 1.94. The lowest BCUT2D eigenvalue weighted by Gasteiger charge is -2.08. The zero-order valence-electron chi connectivity index (χ0n) is 11.1. The number of hydrogen-bond donors (Lipinski definition) is 2. The Hall–Kier alpha value is -1.75. The summed E-state index contributed by atoms with van der Waals surface area (Å²) < 4.78 is 1.95. The largest absolute Gasteiger partial charge is 0.352 e. The number of imidazole rings is 1. The van der Waals surface area contributed by atoms with Crippen molar-refractivity contribution in [3.05, 3.63) is 47.5 Å². The first-order valence-corrected chi connectivity index (χ1v) is 6.56. The number of aromatic nitrogens is 2. The Balaban J connectivity index is 1.94. The first-order valence-electron chi connectivity index (χ1n) is 6.12. The minimum Gasteiger partial charge on any atom is -0.352 e. The summed E-state index contributed by atoms with van der Waals surface area (Å²) in [5.74, 6) is 0.891. The number of benzene rings is 1. The Morgan fingerprint density at radius 1 is 1.47 bits per heavy atom. The normalized spacial score (nSPS) is 10.5. The molecule has 1 heterocycles. The molecule has 2 rings (SSSR count). The molecule has 19 heavy (non-hydrogen) atoms. The van der Waals surface area contributed by atoms with Gasteiger partial charge in [-0.25, -0.2) is 4.98 Å². The molecule has 1 N–H and O–H groups in total. The van der Waals surface area contributed by atoms with Crippen LogP contribution < -0.4 is 5.32 Å². The molecule has 0 radical (unpaired) electrons. The standard InChI is InChI=1S/C14H17N3OS/c1-10-3-4-11(19)9-12(10)14(18)16-6-5-13-15-7-8-17(13)2/h3-4,7-9,19H,5-6H2,1-2H3,(H,16,18). The maximum Gasteiger partial charge on any atom is 0.251 e. The second-order valence-corrected chi connectivity index (χ2v) is 4.98. The van der Waals surface area contributed by atoms with Crippen molar-refractivity contribution in [3.8, 4) is 0 Å². The third kappa shape index (κ3) is 3.38. The molecule has 5 heteroatoms. The molecular formula is C14H17N3OS. The molecule has 0 fully saturated rings. The van der Waals surface area contributed by atoms with Crippen LogP contribution >= 0.6 is 12.6 Å². The lowest BCUT2D eigenvalue weighted by Crippen LogP contribution is -2.27. The Morgan fingerprint density at radius 2 is 2.26 bits per heavy atom. The monoisotopic (exact) mass is 275 g/mol. The summed E-state index contributed by atoms with van der Waals surface area (Å²) >= 11 is 4.26. The third-order valence-corrected chi connectivity index (χ3v) is 3.30. The molecule has 0 bridgehead atoms. The van der Waals surface area contributed by atoms with Gasteiger partial charge < -0.3 is 9.88 Å². The highest BCUT2D eigenvalue weighted by Crippen LogP contribution is 2.13. The van der Waals surface area contributed by atoms with Gasteiger partial charge in [0.1, 0.15) is 5.82 Å². The van der Waals surface area contributed by atoms with Gasteiger partial charge in [-0.2, -0.15) is 0 Å². The van der Waals surface area contributed by atoms with E-state index in [-0.39, 0.29) is 5.91 Å². The van der Waals surface area contributed by atoms with Crippen LogP contribution in [-0.2, 0) is 13.5 Å². The van der Waals surface area contributed by atoms with E-state index >= 15 is 0 Å². The van der Waals surface area contributed by atoms with E-state index in [1.807, 2.05) is 36.9 Å². The Labute approximate surface area is 118 Å². The summed E-state index contributed by atoms with van der Waals surface area (Å²) in [5, 5.41) is 2.91. The van der Waals surface area contributed by atoms with Crippen molar-refractivity contribution in [2.75, 3.05) is 6.54 Å². The van der Waals surface area contributed by atoms with Gasteiger partial charge in [0, 0.05) is 42.9 Å². The van der Waals surface area contributed by atoms with Gasteiger partial charge in [0.05, 0.1) is 0 Å². The van der Waals surface area contributed by atoms with Gasteiger partial charge in [0.25, 0.3) is 5.91 Å². The van der Waals surface area contributed by atoms with Gasteiger partial charge in [-0.05, 0) is 24.6 Å². The smallest absolute Gasteiger partial charge is 0.251 e. The number of carbonyl (C=O) groups is 1. The summed E-state index contributed by atoms with van der Waals surface area (Å²) in [4.78, 5) is 17.1. The molecule has 0 saturated carbocycles. The van der Waals surface area contributed by atoms with E-state index in [0.29, 0.717) is 12.1 Å². The number of hydrogen-bond acceptors (Lipinski definition) is 3. The van der Waals surface area contributed by atoms with Crippen LogP contribution in [-0.4, -0.2) is 22.0 Å². The van der Waals surface area contributed by atoms with Crippen LogP contribution in [0.15, 0.2) is 35.5 Å². The number of carbonyl (C=O) groups excluding carboxylic acids is 1. The van der Waals surface area contributed by atoms with Gasteiger partial charge >= 0.3 is 0 Å². The molecule has 2 aromatic rings. The second kappa shape index (κ2) is 5.93. The minimum absolute atomic E-state index is 0.0670. The second-order valence-electron chi connectivity index (χ2n) is 4.46. The number of nitrogens with zero attached hydrogens (tertiary/aromatic N) is 2. The van der Waals surface area contributed by atoms with Crippen LogP contribution in [0, 0.1) is 6.92 Å². The van der Waals surface area contributed by atoms with Crippen LogP contribution in [0.25, 0.3) is 0 Å². The first kappa shape index (κ1) is 13.7. The molecule has 1 amide bonds. The van der Waals surface area contributed by atoms with Crippen molar-refractivity contribution < 1.29 is 4.79 Å². The van der Waals surface area contributed by atoms with Gasteiger partial charge in [-0.1, -0.05) is 6.07 Å². The highest BCUT2D eigenvalue weighted by molar-refractivity contribution is 7.80. The van der Waals surface area contributed by atoms with Crippen LogP contribution in [0.2, 0.25) is 0 Å². The summed E-state index contributed by atoms with van der Waals surface area (Å²) in [6, 6.07) is 5.56. The number of nitrogens with one attached hydrogen (secondary N) is 1. The van der Waals surface area contributed by atoms with Crippen LogP contribution in [0.1, 0.15) is 21.7 Å². The van der Waals surface area contributed by atoms with E-state index in [4.69, 9.17) is 0 Å². The number of thiol groups is 1. The minimum atomic E-state index is -0.0670. The molecule has 4 nitrogen and oxygen atoms in total. The lowest BCUT2D eigenvalue weighted by molar-refractivity contribution is 0.0953. The highest BCUT2D eigenvalue weighted by Gasteiger charge is 2.09. The SMILES string of the molecule is Cc1ccc(S)cc1C(=O)NCCc1nccn1C. The highest BCUT2D eigenvalue weighted by atomic mass is 32.1. The molecule has 0 atom stereocenters. The fraction of sp³-hybridized carbons (Fsp3) is 0.286. The van der Waals surface area contributed by atoms with Crippen LogP contribution in [0.4, 0.5) is 0 Å². The van der Waals surface area contributed by atoms with Gasteiger partial charge in [-0.15, -0.1) is 12.6 Å². The summed E-state index contributed by atoms with van der Waals surface area (Å²) in [6.45, 7) is 2.49. The average Bonchev–Trinajstić information content (AvgIpc) is 2.78. The molecule has 0 aliphatic heterocycles. The average molecular weight is 275 g/mol. The Kier molecular flexibility index (Phi) is 4.27. The van der Waals surface area contributed by atoms with Gasteiger partial charge in [0.2, 0.25) is 0 Å².